The molecule has 0 aliphatic heterocycles. The van der Waals surface area contributed by atoms with Crippen molar-refractivity contribution >= 4 is 17.3 Å². The molecule has 0 aromatic heterocycles. The molecule has 3 nitrogen and oxygen atoms in total. The number of nitrogen functional groups attached to an aromatic ring is 1. The third-order valence-electron chi connectivity index (χ3n) is 5.54. The van der Waals surface area contributed by atoms with Crippen LogP contribution in [0.1, 0.15) is 50.5 Å². The lowest BCUT2D eigenvalue weighted by Gasteiger charge is -2.38. The van der Waals surface area contributed by atoms with Gasteiger partial charge in [-0.15, -0.1) is 0 Å². The second-order valence-corrected chi connectivity index (χ2v) is 6.82. The Labute approximate surface area is 127 Å². The van der Waals surface area contributed by atoms with Gasteiger partial charge in [0, 0.05) is 17.3 Å². The van der Waals surface area contributed by atoms with E-state index in [1.807, 2.05) is 25.1 Å². The molecule has 3 N–H and O–H groups in total. The maximum absolute atomic E-state index is 12.6. The molecular weight excluding hydrogens is 260 g/mol. The van der Waals surface area contributed by atoms with Gasteiger partial charge in [-0.3, -0.25) is 4.79 Å². The molecule has 3 rings (SSSR count). The minimum atomic E-state index is 0.185. The van der Waals surface area contributed by atoms with Crippen molar-refractivity contribution in [3.8, 4) is 0 Å². The largest absolute Gasteiger partial charge is 0.398 e. The lowest BCUT2D eigenvalue weighted by Crippen LogP contribution is -2.34. The molecule has 2 fully saturated rings. The highest BCUT2D eigenvalue weighted by atomic mass is 16.1. The molecule has 3 heteroatoms. The Bertz CT molecular complexity index is 526. The number of hydrogen-bond acceptors (Lipinski definition) is 2. The summed E-state index contributed by atoms with van der Waals surface area (Å²) < 4.78 is 0. The Hall–Kier alpha value is -1.51. The van der Waals surface area contributed by atoms with E-state index in [0.29, 0.717) is 0 Å². The van der Waals surface area contributed by atoms with Crippen LogP contribution >= 0.6 is 0 Å². The van der Waals surface area contributed by atoms with Gasteiger partial charge in [0.05, 0.1) is 0 Å². The third kappa shape index (κ3) is 3.07. The topological polar surface area (TPSA) is 55.1 Å². The molecule has 114 valence electrons. The van der Waals surface area contributed by atoms with Crippen molar-refractivity contribution < 1.29 is 4.79 Å². The van der Waals surface area contributed by atoms with Gasteiger partial charge in [-0.1, -0.05) is 31.7 Å². The zero-order valence-corrected chi connectivity index (χ0v) is 12.9. The van der Waals surface area contributed by atoms with Gasteiger partial charge >= 0.3 is 0 Å². The van der Waals surface area contributed by atoms with Gasteiger partial charge in [-0.2, -0.15) is 0 Å². The first-order chi connectivity index (χ1) is 10.1. The normalized spacial score (nSPS) is 28.7. The zero-order valence-electron chi connectivity index (χ0n) is 12.9. The first-order valence-corrected chi connectivity index (χ1v) is 8.31. The van der Waals surface area contributed by atoms with Crippen LogP contribution < -0.4 is 11.1 Å². The fourth-order valence-electron chi connectivity index (χ4n) is 4.14. The average Bonchev–Trinajstić information content (AvgIpc) is 2.51. The van der Waals surface area contributed by atoms with Crippen LogP contribution in [0, 0.1) is 24.7 Å². The SMILES string of the molecule is Cc1c(N)cccc1NC(=O)C1CCC2CCCCC2C1. The molecule has 0 bridgehead atoms. The predicted octanol–water partition coefficient (Wildman–Crippen LogP) is 4.12. The molecule has 0 saturated heterocycles. The number of nitrogens with two attached hydrogens (primary N) is 1. The molecule has 2 aliphatic carbocycles. The molecule has 0 radical (unpaired) electrons. The summed E-state index contributed by atoms with van der Waals surface area (Å²) in [5, 5.41) is 3.10. The van der Waals surface area contributed by atoms with E-state index in [1.165, 1.54) is 32.1 Å². The molecule has 2 saturated carbocycles. The second-order valence-electron chi connectivity index (χ2n) is 6.82. The summed E-state index contributed by atoms with van der Waals surface area (Å²) in [6, 6.07) is 5.71. The zero-order chi connectivity index (χ0) is 14.8. The fourth-order valence-corrected chi connectivity index (χ4v) is 4.14. The number of benzene rings is 1. The maximum Gasteiger partial charge on any atom is 0.227 e. The number of anilines is 2. The van der Waals surface area contributed by atoms with Crippen molar-refractivity contribution in [2.45, 2.75) is 51.9 Å². The molecule has 1 aromatic carbocycles. The number of rotatable bonds is 2. The van der Waals surface area contributed by atoms with Crippen LogP contribution in [0.2, 0.25) is 0 Å². The highest BCUT2D eigenvalue weighted by molar-refractivity contribution is 5.94. The van der Waals surface area contributed by atoms with Crippen molar-refractivity contribution in [1.82, 2.24) is 0 Å². The molecule has 3 atom stereocenters. The van der Waals surface area contributed by atoms with Gasteiger partial charge in [0.15, 0.2) is 0 Å². The number of amides is 1. The van der Waals surface area contributed by atoms with E-state index in [4.69, 9.17) is 5.73 Å². The molecule has 1 amide bonds. The molecule has 1 aromatic rings. The van der Waals surface area contributed by atoms with Gasteiger partial charge in [0.1, 0.15) is 0 Å². The van der Waals surface area contributed by atoms with Crippen LogP contribution in [0.4, 0.5) is 11.4 Å². The number of nitrogens with one attached hydrogen (secondary N) is 1. The van der Waals surface area contributed by atoms with E-state index in [-0.39, 0.29) is 11.8 Å². The van der Waals surface area contributed by atoms with Gasteiger partial charge < -0.3 is 11.1 Å². The van der Waals surface area contributed by atoms with E-state index >= 15 is 0 Å². The Kier molecular flexibility index (Phi) is 4.18. The van der Waals surface area contributed by atoms with Crippen LogP contribution in [0.25, 0.3) is 0 Å². The summed E-state index contributed by atoms with van der Waals surface area (Å²) in [6.45, 7) is 1.96. The Morgan fingerprint density at radius 2 is 1.90 bits per heavy atom. The Morgan fingerprint density at radius 1 is 1.14 bits per heavy atom. The summed E-state index contributed by atoms with van der Waals surface area (Å²) in [5.74, 6) is 2.04. The first kappa shape index (κ1) is 14.4. The molecular formula is C18H26N2O. The van der Waals surface area contributed by atoms with Crippen LogP contribution in [-0.4, -0.2) is 5.91 Å². The highest BCUT2D eigenvalue weighted by Gasteiger charge is 2.35. The van der Waals surface area contributed by atoms with E-state index in [2.05, 4.69) is 5.32 Å². The highest BCUT2D eigenvalue weighted by Crippen LogP contribution is 2.43. The minimum absolute atomic E-state index is 0.185. The van der Waals surface area contributed by atoms with E-state index < -0.39 is 0 Å². The fraction of sp³-hybridized carbons (Fsp3) is 0.611. The lowest BCUT2D eigenvalue weighted by atomic mass is 9.67. The summed E-state index contributed by atoms with van der Waals surface area (Å²) >= 11 is 0. The summed E-state index contributed by atoms with van der Waals surface area (Å²) in [6.07, 6.45) is 8.81. The van der Waals surface area contributed by atoms with Crippen LogP contribution in [-0.2, 0) is 4.79 Å². The molecule has 3 unspecified atom stereocenters. The average molecular weight is 286 g/mol. The maximum atomic E-state index is 12.6. The minimum Gasteiger partial charge on any atom is -0.398 e. The van der Waals surface area contributed by atoms with Crippen molar-refractivity contribution in [3.05, 3.63) is 23.8 Å². The van der Waals surface area contributed by atoms with Gasteiger partial charge in [0.2, 0.25) is 5.91 Å². The number of carbonyl (C=O) groups is 1. The van der Waals surface area contributed by atoms with E-state index in [0.717, 1.165) is 41.6 Å². The second kappa shape index (κ2) is 6.08. The summed E-state index contributed by atoms with van der Waals surface area (Å²) in [7, 11) is 0. The van der Waals surface area contributed by atoms with Crippen LogP contribution in [0.3, 0.4) is 0 Å². The molecule has 21 heavy (non-hydrogen) atoms. The smallest absolute Gasteiger partial charge is 0.227 e. The van der Waals surface area contributed by atoms with Crippen LogP contribution in [0.5, 0.6) is 0 Å². The molecule has 0 heterocycles. The first-order valence-electron chi connectivity index (χ1n) is 8.31. The number of fused-ring (bicyclic) bond motifs is 1. The molecule has 0 spiro atoms. The number of carbonyl (C=O) groups excluding carboxylic acids is 1. The Balaban J connectivity index is 1.64. The Morgan fingerprint density at radius 3 is 2.71 bits per heavy atom. The van der Waals surface area contributed by atoms with Crippen molar-refractivity contribution in [3.63, 3.8) is 0 Å². The van der Waals surface area contributed by atoms with E-state index in [1.54, 1.807) is 0 Å². The van der Waals surface area contributed by atoms with Crippen molar-refractivity contribution in [1.29, 1.82) is 0 Å². The van der Waals surface area contributed by atoms with Crippen molar-refractivity contribution in [2.24, 2.45) is 17.8 Å². The quantitative estimate of drug-likeness (QED) is 0.803. The van der Waals surface area contributed by atoms with E-state index in [9.17, 15) is 4.79 Å². The third-order valence-corrected chi connectivity index (χ3v) is 5.54. The number of hydrogen-bond donors (Lipinski definition) is 2. The summed E-state index contributed by atoms with van der Waals surface area (Å²) in [4.78, 5) is 12.6. The predicted molar refractivity (Wildman–Crippen MR) is 87.0 cm³/mol. The monoisotopic (exact) mass is 286 g/mol. The standard InChI is InChI=1S/C18H26N2O/c1-12-16(19)7-4-8-17(12)20-18(21)15-10-9-13-5-2-3-6-14(13)11-15/h4,7-8,13-15H,2-3,5-6,9-11,19H2,1H3,(H,20,21). The van der Waals surface area contributed by atoms with Gasteiger partial charge in [-0.05, 0) is 55.7 Å². The summed E-state index contributed by atoms with van der Waals surface area (Å²) in [5.41, 5.74) is 8.49. The van der Waals surface area contributed by atoms with Gasteiger partial charge in [-0.25, -0.2) is 0 Å². The van der Waals surface area contributed by atoms with Crippen molar-refractivity contribution in [2.75, 3.05) is 11.1 Å². The van der Waals surface area contributed by atoms with Crippen LogP contribution in [0.15, 0.2) is 18.2 Å². The van der Waals surface area contributed by atoms with Gasteiger partial charge in [0.25, 0.3) is 0 Å². The lowest BCUT2D eigenvalue weighted by molar-refractivity contribution is -0.122. The molecule has 2 aliphatic rings.